The molecule has 0 spiro atoms. The molecule has 24 heteroatoms. The summed E-state index contributed by atoms with van der Waals surface area (Å²) >= 11 is 30.1. The molecule has 0 amide bonds. The van der Waals surface area contributed by atoms with Gasteiger partial charge in [0.2, 0.25) is 11.8 Å². The molecule has 3 N–H and O–H groups in total. The van der Waals surface area contributed by atoms with E-state index in [0.717, 1.165) is 97.2 Å². The Morgan fingerprint density at radius 2 is 1.08 bits per heavy atom. The molecule has 0 aromatic carbocycles. The van der Waals surface area contributed by atoms with E-state index >= 15 is 0 Å². The van der Waals surface area contributed by atoms with Crippen molar-refractivity contribution in [2.75, 3.05) is 0 Å². The van der Waals surface area contributed by atoms with Crippen LogP contribution in [0.25, 0.3) is 44.4 Å². The second-order valence-electron chi connectivity index (χ2n) is 19.3. The summed E-state index contributed by atoms with van der Waals surface area (Å²) < 4.78 is 34.5. The molecule has 0 bridgehead atoms. The Kier molecular flexibility index (Phi) is 28.4. The molecule has 0 saturated heterocycles. The number of terminal acetylenes is 1. The molecule has 0 radical (unpaired) electrons. The molecule has 0 aliphatic carbocycles. The van der Waals surface area contributed by atoms with E-state index in [4.69, 9.17) is 51.1 Å². The molecule has 0 atom stereocenters. The number of halogens is 7. The average Bonchev–Trinajstić information content (AvgIpc) is 4.15. The van der Waals surface area contributed by atoms with Gasteiger partial charge in [-0.1, -0.05) is 69.9 Å². The fourth-order valence-electron chi connectivity index (χ4n) is 6.18. The minimum Gasteiger partial charge on any atom is -0.506 e. The predicted molar refractivity (Wildman–Crippen MR) is 348 cm³/mol. The van der Waals surface area contributed by atoms with Gasteiger partial charge < -0.3 is 27.9 Å². The number of rotatable bonds is 2. The molecule has 0 saturated carbocycles. The molecule has 79 heavy (non-hydrogen) atoms. The van der Waals surface area contributed by atoms with Gasteiger partial charge in [0.1, 0.15) is 53.7 Å². The van der Waals surface area contributed by atoms with Crippen molar-refractivity contribution in [1.29, 1.82) is 0 Å². The van der Waals surface area contributed by atoms with Gasteiger partial charge in [0, 0.05) is 59.5 Å². The first-order valence-corrected chi connectivity index (χ1v) is 37.7. The van der Waals surface area contributed by atoms with E-state index in [1.54, 1.807) is 50.0 Å². The van der Waals surface area contributed by atoms with E-state index in [9.17, 15) is 9.77 Å². The molecule has 0 unspecified atom stereocenters. The van der Waals surface area contributed by atoms with Gasteiger partial charge in [-0.05, 0) is 186 Å². The maximum absolute atomic E-state index is 9.70. The Morgan fingerprint density at radius 3 is 1.57 bits per heavy atom. The van der Waals surface area contributed by atoms with Crippen molar-refractivity contribution in [2.24, 2.45) is 0 Å². The standard InChI is InChI=1S/C11H14ClNOSi.C11H16NO2Si.C9H9NO.C8H5ClINO.C6H6INO.C6H7NO.C3H4.CH4.Cl3OP/c1-7-6-13-8-5-9(15(2,3)4)14-11(8)10(7)12;1-8-5-10-9(12(13)7-8)6-11(14-10)15(2,3)4;1-6-3-9-8(10-5-6)4-7(2)11-9;1-4-3-11-5-2-6(10)12-8(5)7(4)9;1-4-2-5(9)6(7)8-3-4;1-5-2-6(8)4-7-3-5;1-3-2;;1-5(2,3)4/h5-6H,1-4H3;5-7,13H,1-4H3;3-5H,1-2H3;2-3H,1H3;2-3,9H,1H3;2-4,8H,1H3;1H,2H3;1H4;/q;+1;;;;;;;. The van der Waals surface area contributed by atoms with Crippen LogP contribution in [0.4, 0.5) is 0 Å². The minimum absolute atomic E-state index is 0. The molecule has 424 valence electrons. The van der Waals surface area contributed by atoms with E-state index < -0.39 is 21.3 Å². The zero-order chi connectivity index (χ0) is 59.0. The number of hydrogen-bond donors (Lipinski definition) is 3. The topological polar surface area (TPSA) is 199 Å². The minimum atomic E-state index is -3.22. The predicted octanol–water partition coefficient (Wildman–Crippen LogP) is 17.9. The smallest absolute Gasteiger partial charge is 0.339 e. The number of pyridine rings is 6. The summed E-state index contributed by atoms with van der Waals surface area (Å²) in [5, 5.41) is 27.7. The van der Waals surface area contributed by atoms with Gasteiger partial charge in [0.15, 0.2) is 20.5 Å². The molecule has 10 rings (SSSR count). The molecule has 0 aliphatic heterocycles. The number of nitrogens with zero attached hydrogens (tertiary/aromatic N) is 6. The molecule has 10 heterocycles. The number of furan rings is 4. The highest BCUT2D eigenvalue weighted by atomic mass is 127. The van der Waals surface area contributed by atoms with Gasteiger partial charge in [0.25, 0.3) is 0 Å². The van der Waals surface area contributed by atoms with Crippen LogP contribution in [0, 0.1) is 68.3 Å². The highest BCUT2D eigenvalue weighted by molar-refractivity contribution is 14.1. The fraction of sp³-hybridized carbons (Fsp3) is 0.273. The van der Waals surface area contributed by atoms with Crippen LogP contribution in [-0.2, 0) is 4.57 Å². The molecule has 14 nitrogen and oxygen atoms in total. The average molecular weight is 1460 g/mol. The summed E-state index contributed by atoms with van der Waals surface area (Å²) in [7, 11) is -2.87. The molecular formula is C55H65Cl5I2N6O8PSi2+. The number of fused-ring (bicyclic) bond motifs is 4. The Bertz CT molecular complexity index is 3660. The van der Waals surface area contributed by atoms with Gasteiger partial charge in [-0.25, -0.2) is 4.98 Å². The first-order chi connectivity index (χ1) is 36.1. The van der Waals surface area contributed by atoms with Gasteiger partial charge in [-0.15, -0.1) is 12.3 Å². The van der Waals surface area contributed by atoms with Crippen LogP contribution >= 0.6 is 107 Å². The lowest BCUT2D eigenvalue weighted by atomic mass is 10.3. The third-order valence-corrected chi connectivity index (χ3v) is 15.6. The first kappa shape index (κ1) is 70.7. The molecule has 10 aromatic rings. The normalized spacial score (nSPS) is 10.7. The van der Waals surface area contributed by atoms with Crippen LogP contribution in [0.1, 0.15) is 53.5 Å². The van der Waals surface area contributed by atoms with Crippen LogP contribution < -0.4 is 15.5 Å². The number of aromatic nitrogens is 6. The van der Waals surface area contributed by atoms with E-state index in [0.29, 0.717) is 19.3 Å². The third-order valence-electron chi connectivity index (χ3n) is 9.88. The molecule has 0 aliphatic rings. The largest absolute Gasteiger partial charge is 0.506 e. The molecular weight excluding hydrogens is 1390 g/mol. The van der Waals surface area contributed by atoms with Gasteiger partial charge in [-0.2, -0.15) is 0 Å². The van der Waals surface area contributed by atoms with Crippen molar-refractivity contribution >= 4 is 179 Å². The van der Waals surface area contributed by atoms with E-state index in [1.165, 1.54) is 6.20 Å². The van der Waals surface area contributed by atoms with Crippen molar-refractivity contribution in [2.45, 2.75) is 102 Å². The zero-order valence-electron chi connectivity index (χ0n) is 45.4. The van der Waals surface area contributed by atoms with Crippen LogP contribution in [0.5, 0.6) is 11.5 Å². The maximum Gasteiger partial charge on any atom is 0.339 e. The Labute approximate surface area is 515 Å². The summed E-state index contributed by atoms with van der Waals surface area (Å²) in [5.41, 5.74) is 12.4. The third kappa shape index (κ3) is 23.9. The van der Waals surface area contributed by atoms with Gasteiger partial charge in [-0.3, -0.25) is 29.7 Å². The van der Waals surface area contributed by atoms with E-state index in [2.05, 4.69) is 133 Å². The summed E-state index contributed by atoms with van der Waals surface area (Å²) in [5.74, 6) is 3.65. The summed E-state index contributed by atoms with van der Waals surface area (Å²) in [6.45, 7) is 28.5. The number of aromatic hydroxyl groups is 2. The van der Waals surface area contributed by atoms with Crippen molar-refractivity contribution in [3.05, 3.63) is 149 Å². The lowest BCUT2D eigenvalue weighted by Crippen LogP contribution is -2.36. The number of aryl methyl sites for hydroxylation is 7. The van der Waals surface area contributed by atoms with Crippen LogP contribution in [0.2, 0.25) is 49.3 Å². The SMILES string of the molecule is C.C#CC.Cc1cc2oc([Si](C)(C)C)cc2[n+](O)c1.Cc1cnc(I)c(O)c1.Cc1cnc2cc(C)oc2c1.Cc1cnc2cc(I)oc2c1Cl.Cc1cnc2cc([Si](C)(C)C)oc2c1Cl.Cc1cncc(O)c1.O=P(Cl)(Cl)Cl. The summed E-state index contributed by atoms with van der Waals surface area (Å²) in [4.78, 5) is 20.4. The maximum atomic E-state index is 9.70. The van der Waals surface area contributed by atoms with Crippen LogP contribution in [-0.4, -0.2) is 56.5 Å². The summed E-state index contributed by atoms with van der Waals surface area (Å²) in [6.07, 6.45) is 16.5. The summed E-state index contributed by atoms with van der Waals surface area (Å²) in [6, 6.07) is 15.1. The van der Waals surface area contributed by atoms with Crippen molar-refractivity contribution < 1.29 is 42.4 Å². The van der Waals surface area contributed by atoms with E-state index in [1.807, 2.05) is 114 Å². The molecule has 10 aromatic heterocycles. The van der Waals surface area contributed by atoms with Gasteiger partial charge >= 0.3 is 10.7 Å². The Balaban J connectivity index is 0.000000318. The number of hydrogen-bond acceptors (Lipinski definition) is 13. The quantitative estimate of drug-likeness (QED) is 0.0281. The van der Waals surface area contributed by atoms with Crippen LogP contribution in [0.3, 0.4) is 0 Å². The second-order valence-corrected chi connectivity index (χ2v) is 38.8. The first-order valence-electron chi connectivity index (χ1n) is 23.3. The van der Waals surface area contributed by atoms with Crippen LogP contribution in [0.15, 0.2) is 110 Å². The highest BCUT2D eigenvalue weighted by Gasteiger charge is 2.26. The van der Waals surface area contributed by atoms with E-state index in [-0.39, 0.29) is 18.9 Å². The van der Waals surface area contributed by atoms with Crippen molar-refractivity contribution in [1.82, 2.24) is 24.9 Å². The molecule has 0 fully saturated rings. The lowest BCUT2D eigenvalue weighted by molar-refractivity contribution is -0.884. The van der Waals surface area contributed by atoms with Crippen molar-refractivity contribution in [3.63, 3.8) is 0 Å². The van der Waals surface area contributed by atoms with Crippen molar-refractivity contribution in [3.8, 4) is 23.8 Å². The zero-order valence-corrected chi connectivity index (χ0v) is 56.4. The highest BCUT2D eigenvalue weighted by Crippen LogP contribution is 2.61. The fourth-order valence-corrected chi connectivity index (χ4v) is 9.32. The Morgan fingerprint density at radius 1 is 0.608 bits per heavy atom. The monoisotopic (exact) mass is 1450 g/mol. The van der Waals surface area contributed by atoms with Gasteiger partial charge in [0.05, 0.1) is 33.1 Å². The lowest BCUT2D eigenvalue weighted by Gasteiger charge is -2.10. The second kappa shape index (κ2) is 31.7. The Hall–Kier alpha value is -4.41.